The van der Waals surface area contributed by atoms with Crippen LogP contribution < -0.4 is 0 Å². The number of benzene rings is 1. The molecule has 0 radical (unpaired) electrons. The highest BCUT2D eigenvalue weighted by Crippen LogP contribution is 2.13. The molecule has 156 valence electrons. The fourth-order valence-corrected chi connectivity index (χ4v) is 3.66. The summed E-state index contributed by atoms with van der Waals surface area (Å²) in [6, 6.07) is 7.36. The largest absolute Gasteiger partial charge is 0.339 e. The maximum atomic E-state index is 12.6. The van der Waals surface area contributed by atoms with Gasteiger partial charge in [0.05, 0.1) is 0 Å². The highest BCUT2D eigenvalue weighted by atomic mass is 16.2. The normalized spacial score (nSPS) is 17.3. The van der Waals surface area contributed by atoms with Gasteiger partial charge in [-0.2, -0.15) is 0 Å². The fourth-order valence-electron chi connectivity index (χ4n) is 3.66. The van der Waals surface area contributed by atoms with Gasteiger partial charge in [-0.3, -0.25) is 19.3 Å². The Kier molecular flexibility index (Phi) is 6.51. The first-order valence-electron chi connectivity index (χ1n) is 10.1. The molecule has 2 aliphatic rings. The molecule has 2 saturated heterocycles. The summed E-state index contributed by atoms with van der Waals surface area (Å²) in [6.45, 7) is 4.46. The molecule has 0 atom stereocenters. The van der Waals surface area contributed by atoms with E-state index in [1.54, 1.807) is 16.8 Å². The molecule has 29 heavy (non-hydrogen) atoms. The van der Waals surface area contributed by atoms with Crippen LogP contribution in [-0.2, 0) is 16.0 Å². The van der Waals surface area contributed by atoms with Gasteiger partial charge in [0, 0.05) is 51.8 Å². The number of hydrogen-bond acceptors (Lipinski definition) is 4. The number of carbonyl (C=O) groups is 4. The average molecular weight is 400 g/mol. The molecule has 8 nitrogen and oxygen atoms in total. The number of likely N-dealkylation sites (N-methyl/N-ethyl adjacent to an activating group) is 1. The van der Waals surface area contributed by atoms with Crippen LogP contribution in [0.3, 0.4) is 0 Å². The van der Waals surface area contributed by atoms with Gasteiger partial charge in [0.25, 0.3) is 5.91 Å². The Bertz CT molecular complexity index is 784. The minimum absolute atomic E-state index is 0.00292. The number of nitrogens with zero attached hydrogens (tertiary/aromatic N) is 4. The minimum atomic E-state index is -0.304. The van der Waals surface area contributed by atoms with Crippen molar-refractivity contribution in [3.05, 3.63) is 35.4 Å². The van der Waals surface area contributed by atoms with Gasteiger partial charge in [-0.1, -0.05) is 19.1 Å². The second-order valence-electron chi connectivity index (χ2n) is 7.51. The Hall–Kier alpha value is -2.90. The van der Waals surface area contributed by atoms with Gasteiger partial charge in [0.15, 0.2) is 0 Å². The van der Waals surface area contributed by atoms with Gasteiger partial charge in [0.2, 0.25) is 11.8 Å². The van der Waals surface area contributed by atoms with Gasteiger partial charge < -0.3 is 14.7 Å². The number of urea groups is 1. The molecule has 8 heteroatoms. The zero-order valence-corrected chi connectivity index (χ0v) is 17.1. The van der Waals surface area contributed by atoms with Crippen LogP contribution >= 0.6 is 0 Å². The van der Waals surface area contributed by atoms with E-state index in [4.69, 9.17) is 0 Å². The molecule has 0 N–H and O–H groups in total. The van der Waals surface area contributed by atoms with E-state index in [0.29, 0.717) is 38.2 Å². The quantitative estimate of drug-likeness (QED) is 0.672. The molecular formula is C21H28N4O4. The van der Waals surface area contributed by atoms with E-state index in [0.717, 1.165) is 6.42 Å². The van der Waals surface area contributed by atoms with E-state index in [2.05, 4.69) is 6.92 Å². The first kappa shape index (κ1) is 20.8. The molecule has 0 bridgehead atoms. The third-order valence-corrected chi connectivity index (χ3v) is 5.53. The molecule has 5 amide bonds. The monoisotopic (exact) mass is 400 g/mol. The second kappa shape index (κ2) is 9.07. The van der Waals surface area contributed by atoms with E-state index >= 15 is 0 Å². The third-order valence-electron chi connectivity index (χ3n) is 5.53. The van der Waals surface area contributed by atoms with Crippen molar-refractivity contribution in [1.29, 1.82) is 0 Å². The first-order valence-corrected chi connectivity index (χ1v) is 10.1. The van der Waals surface area contributed by atoms with E-state index in [1.807, 2.05) is 24.3 Å². The summed E-state index contributed by atoms with van der Waals surface area (Å²) >= 11 is 0. The van der Waals surface area contributed by atoms with Crippen molar-refractivity contribution in [2.75, 3.05) is 46.3 Å². The summed E-state index contributed by atoms with van der Waals surface area (Å²) in [7, 11) is 1.59. The van der Waals surface area contributed by atoms with Gasteiger partial charge >= 0.3 is 6.03 Å². The van der Waals surface area contributed by atoms with Crippen LogP contribution in [0.4, 0.5) is 4.79 Å². The van der Waals surface area contributed by atoms with Crippen LogP contribution in [0.2, 0.25) is 0 Å². The minimum Gasteiger partial charge on any atom is -0.339 e. The molecule has 0 aromatic heterocycles. The highest BCUT2D eigenvalue weighted by Gasteiger charge is 2.33. The van der Waals surface area contributed by atoms with Crippen LogP contribution in [0, 0.1) is 0 Å². The fraction of sp³-hybridized carbons (Fsp3) is 0.524. The van der Waals surface area contributed by atoms with Crippen molar-refractivity contribution in [2.24, 2.45) is 0 Å². The number of rotatable bonds is 6. The number of imide groups is 1. The lowest BCUT2D eigenvalue weighted by molar-refractivity contribution is -0.133. The Morgan fingerprint density at radius 1 is 0.966 bits per heavy atom. The summed E-state index contributed by atoms with van der Waals surface area (Å²) < 4.78 is 0. The van der Waals surface area contributed by atoms with E-state index in [1.165, 1.54) is 15.4 Å². The molecule has 2 fully saturated rings. The van der Waals surface area contributed by atoms with Crippen molar-refractivity contribution in [3.8, 4) is 0 Å². The van der Waals surface area contributed by atoms with Crippen molar-refractivity contribution < 1.29 is 19.2 Å². The molecular weight excluding hydrogens is 372 g/mol. The maximum absolute atomic E-state index is 12.6. The first-order chi connectivity index (χ1) is 13.9. The predicted molar refractivity (Wildman–Crippen MR) is 107 cm³/mol. The molecule has 0 unspecified atom stereocenters. The van der Waals surface area contributed by atoms with Gasteiger partial charge in [-0.05, 0) is 30.5 Å². The van der Waals surface area contributed by atoms with Gasteiger partial charge in [0.1, 0.15) is 6.54 Å². The summed E-state index contributed by atoms with van der Waals surface area (Å²) in [5.74, 6) is -0.226. The molecule has 1 aromatic carbocycles. The SMILES string of the molecule is CCc1ccc(C(=O)N2CCN(C(=O)CCCN3C(=O)CN(C)C3=O)CC2)cc1. The molecule has 0 spiro atoms. The lowest BCUT2D eigenvalue weighted by Crippen LogP contribution is -2.50. The van der Waals surface area contributed by atoms with Crippen LogP contribution in [0.15, 0.2) is 24.3 Å². The van der Waals surface area contributed by atoms with Crippen molar-refractivity contribution in [2.45, 2.75) is 26.2 Å². The van der Waals surface area contributed by atoms with Gasteiger partial charge in [-0.25, -0.2) is 4.79 Å². The molecule has 0 aliphatic carbocycles. The Labute approximate surface area is 171 Å². The number of aryl methyl sites for hydroxylation is 1. The van der Waals surface area contributed by atoms with Crippen molar-refractivity contribution in [3.63, 3.8) is 0 Å². The summed E-state index contributed by atoms with van der Waals surface area (Å²) in [5.41, 5.74) is 1.87. The second-order valence-corrected chi connectivity index (χ2v) is 7.51. The number of piperazine rings is 1. The predicted octanol–water partition coefficient (Wildman–Crippen LogP) is 1.21. The Morgan fingerprint density at radius 2 is 1.59 bits per heavy atom. The van der Waals surface area contributed by atoms with E-state index in [-0.39, 0.29) is 43.3 Å². The lowest BCUT2D eigenvalue weighted by Gasteiger charge is -2.35. The number of amides is 5. The van der Waals surface area contributed by atoms with Crippen molar-refractivity contribution >= 4 is 23.8 Å². The molecule has 2 heterocycles. The van der Waals surface area contributed by atoms with E-state index in [9.17, 15) is 19.2 Å². The lowest BCUT2D eigenvalue weighted by atomic mass is 10.1. The standard InChI is InChI=1S/C21H28N4O4/c1-3-16-6-8-17(9-7-16)20(28)24-13-11-23(12-14-24)18(26)5-4-10-25-19(27)15-22(2)21(25)29/h6-9H,3-5,10-15H2,1-2H3. The Morgan fingerprint density at radius 3 is 2.14 bits per heavy atom. The topological polar surface area (TPSA) is 81.2 Å². The number of hydrogen-bond donors (Lipinski definition) is 0. The molecule has 1 aromatic rings. The van der Waals surface area contributed by atoms with Crippen LogP contribution in [-0.4, -0.2) is 89.7 Å². The Balaban J connectivity index is 1.42. The van der Waals surface area contributed by atoms with Gasteiger partial charge in [-0.15, -0.1) is 0 Å². The smallest absolute Gasteiger partial charge is 0.326 e. The summed E-state index contributed by atoms with van der Waals surface area (Å²) in [5, 5.41) is 0. The van der Waals surface area contributed by atoms with E-state index < -0.39 is 0 Å². The zero-order chi connectivity index (χ0) is 21.0. The summed E-state index contributed by atoms with van der Waals surface area (Å²) in [4.78, 5) is 54.8. The maximum Gasteiger partial charge on any atom is 0.326 e. The third kappa shape index (κ3) is 4.75. The molecule has 0 saturated carbocycles. The zero-order valence-electron chi connectivity index (χ0n) is 17.1. The highest BCUT2D eigenvalue weighted by molar-refractivity contribution is 6.01. The molecule has 3 rings (SSSR count). The van der Waals surface area contributed by atoms with Crippen LogP contribution in [0.5, 0.6) is 0 Å². The van der Waals surface area contributed by atoms with Crippen molar-refractivity contribution in [1.82, 2.24) is 19.6 Å². The number of carbonyl (C=O) groups excluding carboxylic acids is 4. The van der Waals surface area contributed by atoms with Crippen LogP contribution in [0.25, 0.3) is 0 Å². The summed E-state index contributed by atoms with van der Waals surface area (Å²) in [6.07, 6.45) is 1.67. The van der Waals surface area contributed by atoms with Crippen LogP contribution in [0.1, 0.15) is 35.7 Å². The average Bonchev–Trinajstić information content (AvgIpc) is 2.99. The molecule has 2 aliphatic heterocycles.